The maximum atomic E-state index is 12.4. The van der Waals surface area contributed by atoms with Gasteiger partial charge in [0.1, 0.15) is 13.2 Å². The van der Waals surface area contributed by atoms with Crippen LogP contribution >= 0.6 is 0 Å². The van der Waals surface area contributed by atoms with Crippen LogP contribution in [-0.4, -0.2) is 84.3 Å². The van der Waals surface area contributed by atoms with Crippen molar-refractivity contribution in [2.24, 2.45) is 5.41 Å². The van der Waals surface area contributed by atoms with Gasteiger partial charge < -0.3 is 39.6 Å². The Bertz CT molecular complexity index is 1320. The largest absolute Gasteiger partial charge is 0.487 e. The average molecular weight is 570 g/mol. The molecular weight excluding hydrogens is 530 g/mol. The van der Waals surface area contributed by atoms with E-state index in [-0.39, 0.29) is 18.7 Å². The number of nitrogens with zero attached hydrogens (tertiary/aromatic N) is 4. The van der Waals surface area contributed by atoms with Gasteiger partial charge in [-0.15, -0.1) is 0 Å². The molecule has 41 heavy (non-hydrogen) atoms. The number of benzene rings is 1. The topological polar surface area (TPSA) is 143 Å². The van der Waals surface area contributed by atoms with Crippen molar-refractivity contribution in [3.05, 3.63) is 24.5 Å². The Morgan fingerprint density at radius 1 is 1.07 bits per heavy atom. The molecule has 1 fully saturated rings. The van der Waals surface area contributed by atoms with Crippen LogP contribution in [0.2, 0.25) is 0 Å². The van der Waals surface area contributed by atoms with Gasteiger partial charge in [0.2, 0.25) is 5.95 Å². The molecule has 2 aromatic heterocycles. The number of ether oxygens (including phenoxy) is 5. The van der Waals surface area contributed by atoms with Crippen molar-refractivity contribution in [1.82, 2.24) is 24.8 Å². The molecule has 2 aliphatic rings. The quantitative estimate of drug-likeness (QED) is 0.375. The fraction of sp³-hybridized carbons (Fsp3) is 0.571. The van der Waals surface area contributed by atoms with Gasteiger partial charge in [0.25, 0.3) is 0 Å². The molecule has 0 unspecified atom stereocenters. The van der Waals surface area contributed by atoms with E-state index in [1.54, 1.807) is 10.9 Å². The van der Waals surface area contributed by atoms with Gasteiger partial charge in [0, 0.05) is 24.3 Å². The summed E-state index contributed by atoms with van der Waals surface area (Å²) < 4.78 is 30.2. The Hall–Kier alpha value is -3.68. The van der Waals surface area contributed by atoms with E-state index in [4.69, 9.17) is 33.7 Å². The summed E-state index contributed by atoms with van der Waals surface area (Å²) in [6.07, 6.45) is 3.70. The molecule has 0 bridgehead atoms. The molecule has 0 radical (unpaired) electrons. The van der Waals surface area contributed by atoms with E-state index in [1.807, 2.05) is 39.0 Å². The number of piperidine rings is 1. The van der Waals surface area contributed by atoms with Gasteiger partial charge in [0.05, 0.1) is 38.2 Å². The first-order valence-electron chi connectivity index (χ1n) is 14.1. The predicted molar refractivity (Wildman–Crippen MR) is 153 cm³/mol. The third-order valence-electron chi connectivity index (χ3n) is 6.59. The molecule has 4 heterocycles. The van der Waals surface area contributed by atoms with Crippen molar-refractivity contribution in [2.75, 3.05) is 63.4 Å². The van der Waals surface area contributed by atoms with Crippen molar-refractivity contribution in [3.63, 3.8) is 0 Å². The Labute approximate surface area is 239 Å². The van der Waals surface area contributed by atoms with Gasteiger partial charge in [0.15, 0.2) is 35.2 Å². The number of fused-ring (bicyclic) bond motifs is 2. The molecule has 0 amide bonds. The molecule has 3 aromatic rings. The lowest BCUT2D eigenvalue weighted by Crippen LogP contribution is -2.38. The summed E-state index contributed by atoms with van der Waals surface area (Å²) in [7, 11) is 0. The Balaban J connectivity index is 1.41. The number of carbonyl (C=O) groups is 1. The number of carbonyl (C=O) groups excluding carboxylic acids is 1. The fourth-order valence-corrected chi connectivity index (χ4v) is 4.40. The maximum absolute atomic E-state index is 12.4. The van der Waals surface area contributed by atoms with Crippen molar-refractivity contribution in [2.45, 2.75) is 46.4 Å². The molecule has 3 N–H and O–H groups in total. The van der Waals surface area contributed by atoms with Crippen LogP contribution in [0.25, 0.3) is 11.2 Å². The summed E-state index contributed by atoms with van der Waals surface area (Å²) in [5.74, 6) is 1.85. The highest BCUT2D eigenvalue weighted by molar-refractivity contribution is 5.85. The molecule has 1 atom stereocenters. The second kappa shape index (κ2) is 13.3. The van der Waals surface area contributed by atoms with E-state index in [0.717, 1.165) is 25.9 Å². The molecule has 0 saturated carbocycles. The number of esters is 1. The molecule has 0 aliphatic carbocycles. The summed E-state index contributed by atoms with van der Waals surface area (Å²) in [4.78, 5) is 26.5. The van der Waals surface area contributed by atoms with Crippen LogP contribution in [0.4, 0.5) is 17.5 Å². The average Bonchev–Trinajstić information content (AvgIpc) is 3.35. The second-order valence-corrected chi connectivity index (χ2v) is 11.0. The number of hydrogen-bond donors (Lipinski definition) is 3. The normalized spacial score (nSPS) is 18.7. The predicted octanol–water partition coefficient (Wildman–Crippen LogP) is 3.09. The minimum Gasteiger partial charge on any atom is -0.487 e. The molecule has 5 rings (SSSR count). The smallest absolute Gasteiger partial charge is 0.312 e. The van der Waals surface area contributed by atoms with Crippen LogP contribution < -0.4 is 25.4 Å². The van der Waals surface area contributed by atoms with Crippen molar-refractivity contribution >= 4 is 34.6 Å². The van der Waals surface area contributed by atoms with Crippen LogP contribution in [0.1, 0.15) is 33.6 Å². The molecule has 222 valence electrons. The SMILES string of the molecule is CC(C)(C)C(=O)OCn1cnc2c(N[C@@H]3CCCNC3)nc(Nc3ccc4c(c3)OCCOCCOCCO4)nc21. The highest BCUT2D eigenvalue weighted by Crippen LogP contribution is 2.32. The van der Waals surface area contributed by atoms with E-state index >= 15 is 0 Å². The second-order valence-electron chi connectivity index (χ2n) is 11.0. The lowest BCUT2D eigenvalue weighted by Gasteiger charge is -2.24. The summed E-state index contributed by atoms with van der Waals surface area (Å²) >= 11 is 0. The lowest BCUT2D eigenvalue weighted by atomic mass is 9.98. The van der Waals surface area contributed by atoms with E-state index < -0.39 is 5.41 Å². The third-order valence-corrected chi connectivity index (χ3v) is 6.59. The first kappa shape index (κ1) is 28.8. The van der Waals surface area contributed by atoms with E-state index in [9.17, 15) is 4.79 Å². The van der Waals surface area contributed by atoms with Crippen molar-refractivity contribution in [1.29, 1.82) is 0 Å². The van der Waals surface area contributed by atoms with E-state index in [0.29, 0.717) is 79.8 Å². The third kappa shape index (κ3) is 7.75. The standard InChI is InChI=1S/C28H39N7O6/c1-28(2,3)26(36)41-18-35-17-30-23-24(31-20-5-4-8-29-16-20)33-27(34-25(23)35)32-19-6-7-21-22(15-19)40-14-12-38-10-9-37-11-13-39-21/h6-7,15,17,20,29H,4-5,8-14,16,18H2,1-3H3,(H2,31,32,33,34)/t20-/m1/s1. The summed E-state index contributed by atoms with van der Waals surface area (Å²) in [5, 5.41) is 10.2. The zero-order valence-electron chi connectivity index (χ0n) is 23.9. The van der Waals surface area contributed by atoms with Gasteiger partial charge in [-0.05, 0) is 52.3 Å². The first-order valence-corrected chi connectivity index (χ1v) is 14.1. The number of aromatic nitrogens is 4. The molecular formula is C28H39N7O6. The number of anilines is 3. The van der Waals surface area contributed by atoms with E-state index in [1.165, 1.54) is 0 Å². The number of rotatable bonds is 6. The lowest BCUT2D eigenvalue weighted by molar-refractivity contribution is -0.156. The number of imidazole rings is 1. The Kier molecular flexibility index (Phi) is 9.37. The van der Waals surface area contributed by atoms with Crippen LogP contribution in [0, 0.1) is 5.41 Å². The minimum absolute atomic E-state index is 0.0106. The van der Waals surface area contributed by atoms with Crippen molar-refractivity contribution < 1.29 is 28.5 Å². The molecule has 13 heteroatoms. The monoisotopic (exact) mass is 569 g/mol. The maximum Gasteiger partial charge on any atom is 0.312 e. The zero-order chi connectivity index (χ0) is 28.7. The molecule has 1 aromatic carbocycles. The van der Waals surface area contributed by atoms with Gasteiger partial charge in [-0.1, -0.05) is 0 Å². The molecule has 13 nitrogen and oxygen atoms in total. The fourth-order valence-electron chi connectivity index (χ4n) is 4.40. The first-order chi connectivity index (χ1) is 19.9. The van der Waals surface area contributed by atoms with Gasteiger partial charge in [-0.3, -0.25) is 9.36 Å². The summed E-state index contributed by atoms with van der Waals surface area (Å²) in [6.45, 7) is 9.97. The van der Waals surface area contributed by atoms with Crippen LogP contribution in [0.15, 0.2) is 24.5 Å². The van der Waals surface area contributed by atoms with E-state index in [2.05, 4.69) is 20.9 Å². The number of nitrogens with one attached hydrogen (secondary N) is 3. The zero-order valence-corrected chi connectivity index (χ0v) is 23.9. The highest BCUT2D eigenvalue weighted by atomic mass is 16.6. The van der Waals surface area contributed by atoms with Gasteiger partial charge in [-0.25, -0.2) is 4.98 Å². The highest BCUT2D eigenvalue weighted by Gasteiger charge is 2.24. The van der Waals surface area contributed by atoms with Crippen LogP contribution in [0.5, 0.6) is 11.5 Å². The molecule has 1 saturated heterocycles. The molecule has 2 aliphatic heterocycles. The number of hydrogen-bond acceptors (Lipinski definition) is 12. The van der Waals surface area contributed by atoms with Crippen LogP contribution in [0.3, 0.4) is 0 Å². The van der Waals surface area contributed by atoms with Crippen molar-refractivity contribution in [3.8, 4) is 11.5 Å². The summed E-state index contributed by atoms with van der Waals surface area (Å²) in [6, 6.07) is 5.76. The van der Waals surface area contributed by atoms with Crippen LogP contribution in [-0.2, 0) is 25.7 Å². The molecule has 0 spiro atoms. The van der Waals surface area contributed by atoms with Gasteiger partial charge in [-0.2, -0.15) is 9.97 Å². The Morgan fingerprint density at radius 3 is 2.56 bits per heavy atom. The Morgan fingerprint density at radius 2 is 1.83 bits per heavy atom. The minimum atomic E-state index is -0.620. The summed E-state index contributed by atoms with van der Waals surface area (Å²) in [5.41, 5.74) is 1.24. The van der Waals surface area contributed by atoms with Gasteiger partial charge >= 0.3 is 5.97 Å².